The van der Waals surface area contributed by atoms with Gasteiger partial charge in [-0.15, -0.1) is 0 Å². The number of benzene rings is 2. The zero-order valence-electron chi connectivity index (χ0n) is 11.2. The number of nitrogens with one attached hydrogen (secondary N) is 1. The quantitative estimate of drug-likeness (QED) is 0.786. The Labute approximate surface area is 115 Å². The molecule has 0 saturated heterocycles. The molecule has 0 aromatic heterocycles. The lowest BCUT2D eigenvalue weighted by molar-refractivity contribution is -0.138. The second kappa shape index (κ2) is 5.07. The van der Waals surface area contributed by atoms with E-state index in [4.69, 9.17) is 5.73 Å². The molecular weight excluding hydrogens is 265 g/mol. The SMILES string of the molecule is Cc1ccc(Nc2cccc(C)c2N)cc1C(F)(F)F. The topological polar surface area (TPSA) is 38.0 Å². The van der Waals surface area contributed by atoms with Crippen LogP contribution < -0.4 is 11.1 Å². The Morgan fingerprint density at radius 2 is 1.70 bits per heavy atom. The van der Waals surface area contributed by atoms with Gasteiger partial charge in [-0.25, -0.2) is 0 Å². The van der Waals surface area contributed by atoms with E-state index >= 15 is 0 Å². The lowest BCUT2D eigenvalue weighted by atomic mass is 10.1. The summed E-state index contributed by atoms with van der Waals surface area (Å²) in [6.07, 6.45) is -4.36. The van der Waals surface area contributed by atoms with Crippen molar-refractivity contribution in [2.24, 2.45) is 0 Å². The van der Waals surface area contributed by atoms with Crippen LogP contribution in [0.15, 0.2) is 36.4 Å². The first-order valence-electron chi connectivity index (χ1n) is 6.09. The van der Waals surface area contributed by atoms with Crippen LogP contribution in [0.5, 0.6) is 0 Å². The molecule has 0 aliphatic rings. The molecule has 20 heavy (non-hydrogen) atoms. The third-order valence-electron chi connectivity index (χ3n) is 3.15. The third kappa shape index (κ3) is 2.87. The number of hydrogen-bond donors (Lipinski definition) is 2. The van der Waals surface area contributed by atoms with Crippen molar-refractivity contribution in [3.05, 3.63) is 53.1 Å². The van der Waals surface area contributed by atoms with Crippen LogP contribution in [0, 0.1) is 13.8 Å². The fraction of sp³-hybridized carbons (Fsp3) is 0.200. The highest BCUT2D eigenvalue weighted by molar-refractivity contribution is 5.75. The van der Waals surface area contributed by atoms with Gasteiger partial charge in [-0.2, -0.15) is 13.2 Å². The first kappa shape index (κ1) is 14.2. The molecule has 0 aliphatic carbocycles. The van der Waals surface area contributed by atoms with Gasteiger partial charge in [0.2, 0.25) is 0 Å². The van der Waals surface area contributed by atoms with Crippen molar-refractivity contribution in [1.82, 2.24) is 0 Å². The monoisotopic (exact) mass is 280 g/mol. The first-order chi connectivity index (χ1) is 9.29. The van der Waals surface area contributed by atoms with E-state index in [1.165, 1.54) is 13.0 Å². The maximum atomic E-state index is 12.9. The number of aryl methyl sites for hydroxylation is 2. The van der Waals surface area contributed by atoms with E-state index in [1.54, 1.807) is 18.2 Å². The highest BCUT2D eigenvalue weighted by Crippen LogP contribution is 2.34. The van der Waals surface area contributed by atoms with E-state index in [0.29, 0.717) is 17.1 Å². The van der Waals surface area contributed by atoms with Crippen molar-refractivity contribution in [2.75, 3.05) is 11.1 Å². The van der Waals surface area contributed by atoms with Gasteiger partial charge in [0.15, 0.2) is 0 Å². The Morgan fingerprint density at radius 3 is 2.35 bits per heavy atom. The number of para-hydroxylation sites is 1. The van der Waals surface area contributed by atoms with Crippen molar-refractivity contribution >= 4 is 17.1 Å². The molecular formula is C15H15F3N2. The number of rotatable bonds is 2. The molecule has 0 heterocycles. The van der Waals surface area contributed by atoms with Crippen LogP contribution in [0.3, 0.4) is 0 Å². The van der Waals surface area contributed by atoms with Crippen molar-refractivity contribution in [1.29, 1.82) is 0 Å². The van der Waals surface area contributed by atoms with Gasteiger partial charge in [0.05, 0.1) is 16.9 Å². The van der Waals surface area contributed by atoms with Gasteiger partial charge >= 0.3 is 6.18 Å². The smallest absolute Gasteiger partial charge is 0.397 e. The summed E-state index contributed by atoms with van der Waals surface area (Å²) in [5.74, 6) is 0. The van der Waals surface area contributed by atoms with Crippen LogP contribution in [0.4, 0.5) is 30.2 Å². The van der Waals surface area contributed by atoms with Crippen LogP contribution in [0.25, 0.3) is 0 Å². The van der Waals surface area contributed by atoms with Crippen molar-refractivity contribution in [2.45, 2.75) is 20.0 Å². The molecule has 106 valence electrons. The highest BCUT2D eigenvalue weighted by Gasteiger charge is 2.32. The molecule has 3 N–H and O–H groups in total. The Bertz CT molecular complexity index is 634. The number of hydrogen-bond acceptors (Lipinski definition) is 2. The maximum Gasteiger partial charge on any atom is 0.416 e. The molecule has 0 bridgehead atoms. The molecule has 0 atom stereocenters. The Kier molecular flexibility index (Phi) is 3.61. The Balaban J connectivity index is 2.38. The van der Waals surface area contributed by atoms with Gasteiger partial charge < -0.3 is 11.1 Å². The van der Waals surface area contributed by atoms with Crippen molar-refractivity contribution in [3.63, 3.8) is 0 Å². The van der Waals surface area contributed by atoms with E-state index in [0.717, 1.165) is 11.6 Å². The predicted octanol–water partition coefficient (Wildman–Crippen LogP) is 4.65. The molecule has 0 amide bonds. The van der Waals surface area contributed by atoms with Gasteiger partial charge in [0.1, 0.15) is 0 Å². The molecule has 0 unspecified atom stereocenters. The van der Waals surface area contributed by atoms with Crippen LogP contribution in [-0.4, -0.2) is 0 Å². The van der Waals surface area contributed by atoms with Gasteiger partial charge in [0, 0.05) is 5.69 Å². The number of nitrogens with two attached hydrogens (primary N) is 1. The summed E-state index contributed by atoms with van der Waals surface area (Å²) < 4.78 is 38.6. The second-order valence-corrected chi connectivity index (χ2v) is 4.69. The van der Waals surface area contributed by atoms with Crippen LogP contribution in [0.1, 0.15) is 16.7 Å². The minimum absolute atomic E-state index is 0.195. The number of anilines is 3. The molecule has 2 nitrogen and oxygen atoms in total. The van der Waals surface area contributed by atoms with Crippen LogP contribution in [-0.2, 0) is 6.18 Å². The van der Waals surface area contributed by atoms with Crippen LogP contribution >= 0.6 is 0 Å². The number of halogens is 3. The minimum Gasteiger partial charge on any atom is -0.397 e. The summed E-state index contributed by atoms with van der Waals surface area (Å²) in [5, 5.41) is 2.93. The van der Waals surface area contributed by atoms with E-state index in [2.05, 4.69) is 5.32 Å². The standard InChI is InChI=1S/C15H15F3N2/c1-9-6-7-11(8-12(9)15(16,17)18)20-13-5-3-4-10(2)14(13)19/h3-8,20H,19H2,1-2H3. The zero-order chi connectivity index (χ0) is 14.9. The minimum atomic E-state index is -4.36. The lowest BCUT2D eigenvalue weighted by Crippen LogP contribution is -2.08. The van der Waals surface area contributed by atoms with Gasteiger partial charge in [-0.3, -0.25) is 0 Å². The molecule has 2 aromatic carbocycles. The normalized spacial score (nSPS) is 11.4. The van der Waals surface area contributed by atoms with E-state index in [-0.39, 0.29) is 5.56 Å². The average molecular weight is 280 g/mol. The van der Waals surface area contributed by atoms with E-state index < -0.39 is 11.7 Å². The second-order valence-electron chi connectivity index (χ2n) is 4.69. The fourth-order valence-electron chi connectivity index (χ4n) is 1.95. The molecule has 0 saturated carbocycles. The first-order valence-corrected chi connectivity index (χ1v) is 6.09. The molecule has 2 rings (SSSR count). The zero-order valence-corrected chi connectivity index (χ0v) is 11.2. The van der Waals surface area contributed by atoms with E-state index in [1.807, 2.05) is 13.0 Å². The Hall–Kier alpha value is -2.17. The summed E-state index contributed by atoms with van der Waals surface area (Å²) in [6, 6.07) is 9.51. The molecule has 0 aliphatic heterocycles. The highest BCUT2D eigenvalue weighted by atomic mass is 19.4. The maximum absolute atomic E-state index is 12.9. The molecule has 0 radical (unpaired) electrons. The molecule has 5 heteroatoms. The van der Waals surface area contributed by atoms with Gasteiger partial charge in [-0.05, 0) is 43.2 Å². The van der Waals surface area contributed by atoms with Crippen molar-refractivity contribution < 1.29 is 13.2 Å². The van der Waals surface area contributed by atoms with E-state index in [9.17, 15) is 13.2 Å². The third-order valence-corrected chi connectivity index (χ3v) is 3.15. The fourth-order valence-corrected chi connectivity index (χ4v) is 1.95. The lowest BCUT2D eigenvalue weighted by Gasteiger charge is -2.15. The van der Waals surface area contributed by atoms with Crippen LogP contribution in [0.2, 0.25) is 0 Å². The molecule has 0 spiro atoms. The predicted molar refractivity (Wildman–Crippen MR) is 75.1 cm³/mol. The number of alkyl halides is 3. The average Bonchev–Trinajstić information content (AvgIpc) is 2.36. The summed E-state index contributed by atoms with van der Waals surface area (Å²) in [5.41, 5.74) is 7.81. The largest absolute Gasteiger partial charge is 0.416 e. The summed E-state index contributed by atoms with van der Waals surface area (Å²) >= 11 is 0. The summed E-state index contributed by atoms with van der Waals surface area (Å²) in [4.78, 5) is 0. The Morgan fingerprint density at radius 1 is 1.00 bits per heavy atom. The molecule has 2 aromatic rings. The summed E-state index contributed by atoms with van der Waals surface area (Å²) in [7, 11) is 0. The van der Waals surface area contributed by atoms with Gasteiger partial charge in [0.25, 0.3) is 0 Å². The summed E-state index contributed by atoms with van der Waals surface area (Å²) in [6.45, 7) is 3.28. The number of nitrogen functional groups attached to an aromatic ring is 1. The van der Waals surface area contributed by atoms with Crippen molar-refractivity contribution in [3.8, 4) is 0 Å². The molecule has 0 fully saturated rings. The van der Waals surface area contributed by atoms with Gasteiger partial charge in [-0.1, -0.05) is 18.2 Å².